The molecule has 3 nitrogen and oxygen atoms in total. The molecule has 1 saturated carbocycles. The number of rotatable bonds is 3. The number of alkyl halides is 3. The van der Waals surface area contributed by atoms with Crippen molar-refractivity contribution in [2.24, 2.45) is 11.8 Å². The van der Waals surface area contributed by atoms with E-state index in [0.717, 1.165) is 19.3 Å². The van der Waals surface area contributed by atoms with E-state index in [1.54, 1.807) is 0 Å². The molecule has 1 aliphatic carbocycles. The highest BCUT2D eigenvalue weighted by molar-refractivity contribution is 5.67. The van der Waals surface area contributed by atoms with Crippen molar-refractivity contribution in [2.45, 2.75) is 37.9 Å². The highest BCUT2D eigenvalue weighted by Crippen LogP contribution is 2.41. The summed E-state index contributed by atoms with van der Waals surface area (Å²) < 4.78 is 38.4. The third-order valence-corrected chi connectivity index (χ3v) is 3.94. The van der Waals surface area contributed by atoms with E-state index >= 15 is 0 Å². The van der Waals surface area contributed by atoms with Crippen LogP contribution in [-0.4, -0.2) is 41.3 Å². The summed E-state index contributed by atoms with van der Waals surface area (Å²) in [5.74, 6) is -0.702. The number of carboxylic acid groups (broad SMARTS) is 1. The molecule has 1 saturated heterocycles. The van der Waals surface area contributed by atoms with Crippen molar-refractivity contribution in [1.29, 1.82) is 0 Å². The van der Waals surface area contributed by atoms with Crippen molar-refractivity contribution in [3.8, 4) is 0 Å². The van der Waals surface area contributed by atoms with Crippen LogP contribution in [0.4, 0.5) is 13.2 Å². The van der Waals surface area contributed by atoms with Gasteiger partial charge in [0.1, 0.15) is 6.04 Å². The van der Waals surface area contributed by atoms with E-state index in [4.69, 9.17) is 5.11 Å². The van der Waals surface area contributed by atoms with E-state index in [1.807, 2.05) is 0 Å². The van der Waals surface area contributed by atoms with Gasteiger partial charge in [-0.3, -0.25) is 9.69 Å². The molecule has 0 aromatic heterocycles. The van der Waals surface area contributed by atoms with Crippen molar-refractivity contribution in [1.82, 2.24) is 4.90 Å². The van der Waals surface area contributed by atoms with Gasteiger partial charge in [-0.05, 0) is 24.7 Å². The van der Waals surface area contributed by atoms with Crippen LogP contribution in [0.3, 0.4) is 0 Å². The van der Waals surface area contributed by atoms with Crippen molar-refractivity contribution in [3.63, 3.8) is 0 Å². The van der Waals surface area contributed by atoms with Crippen molar-refractivity contribution >= 4 is 5.97 Å². The fraction of sp³-hybridized carbons (Fsp3) is 0.909. The second-order valence-electron chi connectivity index (χ2n) is 5.06. The zero-order chi connectivity index (χ0) is 12.6. The fourth-order valence-corrected chi connectivity index (χ4v) is 3.14. The van der Waals surface area contributed by atoms with Crippen LogP contribution in [0, 0.1) is 11.8 Å². The van der Waals surface area contributed by atoms with E-state index in [2.05, 4.69) is 0 Å². The number of carbonyl (C=O) groups is 1. The predicted octanol–water partition coefficient (Wildman–Crippen LogP) is 2.12. The van der Waals surface area contributed by atoms with Gasteiger partial charge in [0.2, 0.25) is 0 Å². The molecule has 0 radical (unpaired) electrons. The third kappa shape index (κ3) is 2.73. The number of carboxylic acids is 1. The summed E-state index contributed by atoms with van der Waals surface area (Å²) in [6.45, 7) is 0.810. The summed E-state index contributed by atoms with van der Waals surface area (Å²) in [6, 6.07) is -1.81. The number of halogens is 3. The number of nitrogens with zero attached hydrogens (tertiary/aromatic N) is 1. The Labute approximate surface area is 97.6 Å². The van der Waals surface area contributed by atoms with Gasteiger partial charge in [-0.1, -0.05) is 6.42 Å². The maximum Gasteiger partial charge on any atom is 0.404 e. The van der Waals surface area contributed by atoms with Gasteiger partial charge in [0, 0.05) is 13.1 Å². The lowest BCUT2D eigenvalue weighted by Gasteiger charge is -2.29. The lowest BCUT2D eigenvalue weighted by Crippen LogP contribution is -2.46. The first-order chi connectivity index (χ1) is 7.88. The summed E-state index contributed by atoms with van der Waals surface area (Å²) in [7, 11) is 0. The van der Waals surface area contributed by atoms with Gasteiger partial charge < -0.3 is 5.11 Å². The minimum Gasteiger partial charge on any atom is -0.481 e. The topological polar surface area (TPSA) is 40.5 Å². The molecule has 6 heteroatoms. The molecular weight excluding hydrogens is 235 g/mol. The van der Waals surface area contributed by atoms with Crippen LogP contribution < -0.4 is 0 Å². The van der Waals surface area contributed by atoms with Gasteiger partial charge in [0.05, 0.1) is 6.42 Å². The maximum atomic E-state index is 12.8. The molecule has 17 heavy (non-hydrogen) atoms. The van der Waals surface area contributed by atoms with Crippen LogP contribution in [-0.2, 0) is 4.79 Å². The van der Waals surface area contributed by atoms with E-state index in [9.17, 15) is 18.0 Å². The van der Waals surface area contributed by atoms with Gasteiger partial charge in [0.25, 0.3) is 0 Å². The molecule has 3 atom stereocenters. The average Bonchev–Trinajstić information content (AvgIpc) is 2.70. The molecule has 1 heterocycles. The predicted molar refractivity (Wildman–Crippen MR) is 54.5 cm³/mol. The first-order valence-corrected chi connectivity index (χ1v) is 5.90. The summed E-state index contributed by atoms with van der Waals surface area (Å²) in [6.07, 6.45) is -2.23. The summed E-state index contributed by atoms with van der Waals surface area (Å²) >= 11 is 0. The Balaban J connectivity index is 2.04. The summed E-state index contributed by atoms with van der Waals surface area (Å²) in [4.78, 5) is 11.9. The average molecular weight is 251 g/mol. The van der Waals surface area contributed by atoms with E-state index in [-0.39, 0.29) is 0 Å². The largest absolute Gasteiger partial charge is 0.481 e. The van der Waals surface area contributed by atoms with E-state index in [0.29, 0.717) is 24.9 Å². The molecule has 98 valence electrons. The number of aliphatic carboxylic acids is 1. The molecule has 0 spiro atoms. The van der Waals surface area contributed by atoms with E-state index in [1.165, 1.54) is 4.90 Å². The van der Waals surface area contributed by atoms with Gasteiger partial charge >= 0.3 is 12.1 Å². The Hall–Kier alpha value is -0.780. The molecule has 1 N–H and O–H groups in total. The Kier molecular flexibility index (Phi) is 3.34. The summed E-state index contributed by atoms with van der Waals surface area (Å²) in [5.41, 5.74) is 0. The molecule has 2 aliphatic rings. The van der Waals surface area contributed by atoms with Crippen LogP contribution >= 0.6 is 0 Å². The highest BCUT2D eigenvalue weighted by atomic mass is 19.4. The minimum absolute atomic E-state index is 0.341. The van der Waals surface area contributed by atoms with Gasteiger partial charge in [-0.25, -0.2) is 0 Å². The second-order valence-corrected chi connectivity index (χ2v) is 5.06. The molecular formula is C11H16F3NO2. The number of fused-ring (bicyclic) bond motifs is 1. The van der Waals surface area contributed by atoms with Crippen LogP contribution in [0.1, 0.15) is 25.7 Å². The van der Waals surface area contributed by atoms with Gasteiger partial charge in [-0.2, -0.15) is 13.2 Å². The van der Waals surface area contributed by atoms with Crippen molar-refractivity contribution in [2.75, 3.05) is 13.1 Å². The zero-order valence-corrected chi connectivity index (χ0v) is 9.41. The first kappa shape index (κ1) is 12.7. The van der Waals surface area contributed by atoms with Gasteiger partial charge in [0.15, 0.2) is 0 Å². The number of likely N-dealkylation sites (tertiary alicyclic amines) is 1. The first-order valence-electron chi connectivity index (χ1n) is 5.90. The molecule has 1 aliphatic heterocycles. The van der Waals surface area contributed by atoms with Gasteiger partial charge in [-0.15, -0.1) is 0 Å². The van der Waals surface area contributed by atoms with E-state index < -0.39 is 24.6 Å². The SMILES string of the molecule is O=C(O)CC(N1CC2CCCC2C1)C(F)(F)F. The monoisotopic (exact) mass is 251 g/mol. The third-order valence-electron chi connectivity index (χ3n) is 3.94. The normalized spacial score (nSPS) is 31.5. The van der Waals surface area contributed by atoms with Crippen molar-refractivity contribution in [3.05, 3.63) is 0 Å². The Morgan fingerprint density at radius 1 is 1.29 bits per heavy atom. The molecule has 3 unspecified atom stereocenters. The molecule has 0 bridgehead atoms. The van der Waals surface area contributed by atoms with Crippen LogP contribution in [0.2, 0.25) is 0 Å². The smallest absolute Gasteiger partial charge is 0.404 e. The highest BCUT2D eigenvalue weighted by Gasteiger charge is 2.49. The second kappa shape index (κ2) is 4.48. The van der Waals surface area contributed by atoms with Crippen LogP contribution in [0.25, 0.3) is 0 Å². The van der Waals surface area contributed by atoms with Crippen LogP contribution in [0.5, 0.6) is 0 Å². The maximum absolute atomic E-state index is 12.8. The minimum atomic E-state index is -4.45. The van der Waals surface area contributed by atoms with Crippen molar-refractivity contribution < 1.29 is 23.1 Å². The molecule has 2 rings (SSSR count). The molecule has 0 amide bonds. The Morgan fingerprint density at radius 2 is 1.82 bits per heavy atom. The standard InChI is InChI=1S/C11H16F3NO2/c12-11(13,14)9(4-10(16)17)15-5-7-2-1-3-8(7)6-15/h7-9H,1-6H2,(H,16,17). The molecule has 0 aromatic rings. The summed E-state index contributed by atoms with van der Waals surface area (Å²) in [5, 5.41) is 8.58. The van der Waals surface area contributed by atoms with Crippen LogP contribution in [0.15, 0.2) is 0 Å². The fourth-order valence-electron chi connectivity index (χ4n) is 3.14. The lowest BCUT2D eigenvalue weighted by atomic mass is 10.0. The number of hydrogen-bond acceptors (Lipinski definition) is 2. The quantitative estimate of drug-likeness (QED) is 0.835. The zero-order valence-electron chi connectivity index (χ0n) is 9.41. The lowest BCUT2D eigenvalue weighted by molar-refractivity contribution is -0.189. The molecule has 0 aromatic carbocycles. The molecule has 2 fully saturated rings. The Bertz CT molecular complexity index is 294. The number of hydrogen-bond donors (Lipinski definition) is 1. The Morgan fingerprint density at radius 3 is 2.24 bits per heavy atom.